The lowest BCUT2D eigenvalue weighted by Crippen LogP contribution is -2.13. The molecule has 0 aliphatic carbocycles. The molecule has 1 N–H and O–H groups in total. The molecule has 142 valence electrons. The van der Waals surface area contributed by atoms with Crippen molar-refractivity contribution in [1.82, 2.24) is 24.7 Å². The molecule has 0 saturated carbocycles. The summed E-state index contributed by atoms with van der Waals surface area (Å²) in [6.45, 7) is 2.05. The Morgan fingerprint density at radius 3 is 2.70 bits per heavy atom. The van der Waals surface area contributed by atoms with E-state index in [1.54, 1.807) is 19.6 Å². The lowest BCUT2D eigenvalue weighted by Gasteiger charge is -2.12. The average Bonchev–Trinajstić information content (AvgIpc) is 3.14. The molecule has 2 heterocycles. The molecule has 27 heavy (non-hydrogen) atoms. The molecular formula is C19H25N7O. The Labute approximate surface area is 159 Å². The van der Waals surface area contributed by atoms with E-state index in [4.69, 9.17) is 4.74 Å². The molecule has 0 radical (unpaired) electrons. The van der Waals surface area contributed by atoms with Gasteiger partial charge in [-0.3, -0.25) is 0 Å². The third-order valence-electron chi connectivity index (χ3n) is 4.20. The van der Waals surface area contributed by atoms with E-state index in [1.807, 2.05) is 24.7 Å². The maximum absolute atomic E-state index is 5.10. The van der Waals surface area contributed by atoms with E-state index in [1.165, 1.54) is 0 Å². The van der Waals surface area contributed by atoms with Gasteiger partial charge in [0.15, 0.2) is 0 Å². The predicted molar refractivity (Wildman–Crippen MR) is 106 cm³/mol. The molecule has 0 aliphatic rings. The minimum Gasteiger partial charge on any atom is -0.383 e. The topological polar surface area (TPSA) is 81.0 Å². The summed E-state index contributed by atoms with van der Waals surface area (Å²) in [6.07, 6.45) is 4.23. The summed E-state index contributed by atoms with van der Waals surface area (Å²) < 4.78 is 7.10. The van der Waals surface area contributed by atoms with E-state index in [0.29, 0.717) is 19.1 Å². The van der Waals surface area contributed by atoms with Crippen molar-refractivity contribution < 1.29 is 4.74 Å². The van der Waals surface area contributed by atoms with Gasteiger partial charge in [-0.25, -0.2) is 9.97 Å². The number of hydrogen-bond donors (Lipinski definition) is 1. The highest BCUT2D eigenvalue weighted by Gasteiger charge is 2.06. The highest BCUT2D eigenvalue weighted by molar-refractivity contribution is 5.63. The standard InChI is InChI=1S/C19H25N7O/c1-25(2)16-6-4-15(5-7-16)17-8-10-20-19(23-17)21-11-9-18-24-22-14-26(18)12-13-27-3/h4-8,10,14H,9,11-13H2,1-3H3,(H,20,21,23). The first kappa shape index (κ1) is 18.8. The molecule has 0 unspecified atom stereocenters. The fourth-order valence-electron chi connectivity index (χ4n) is 2.67. The summed E-state index contributed by atoms with van der Waals surface area (Å²) in [5, 5.41) is 11.4. The number of benzene rings is 1. The summed E-state index contributed by atoms with van der Waals surface area (Å²) in [4.78, 5) is 11.0. The van der Waals surface area contributed by atoms with Crippen LogP contribution in [0.1, 0.15) is 5.82 Å². The molecule has 0 amide bonds. The first-order valence-corrected chi connectivity index (χ1v) is 8.87. The van der Waals surface area contributed by atoms with Crippen LogP contribution < -0.4 is 10.2 Å². The molecule has 3 rings (SSSR count). The Morgan fingerprint density at radius 2 is 1.96 bits per heavy atom. The molecule has 0 bridgehead atoms. The van der Waals surface area contributed by atoms with Crippen LogP contribution in [-0.2, 0) is 17.7 Å². The molecule has 2 aromatic heterocycles. The summed E-state index contributed by atoms with van der Waals surface area (Å²) in [7, 11) is 5.74. The molecule has 0 saturated heterocycles. The lowest BCUT2D eigenvalue weighted by molar-refractivity contribution is 0.186. The Kier molecular flexibility index (Phi) is 6.32. The molecule has 0 fully saturated rings. The summed E-state index contributed by atoms with van der Waals surface area (Å²) in [5.41, 5.74) is 3.11. The third-order valence-corrected chi connectivity index (χ3v) is 4.20. The van der Waals surface area contributed by atoms with Gasteiger partial charge >= 0.3 is 0 Å². The van der Waals surface area contributed by atoms with Gasteiger partial charge in [0.2, 0.25) is 5.95 Å². The molecule has 0 spiro atoms. The molecule has 3 aromatic rings. The number of ether oxygens (including phenoxy) is 1. The minimum atomic E-state index is 0.604. The summed E-state index contributed by atoms with van der Waals surface area (Å²) >= 11 is 0. The van der Waals surface area contributed by atoms with Gasteiger partial charge in [0.05, 0.1) is 12.3 Å². The Bertz CT molecular complexity index is 845. The van der Waals surface area contributed by atoms with Crippen LogP contribution in [-0.4, -0.2) is 59.1 Å². The van der Waals surface area contributed by atoms with Gasteiger partial charge in [0.25, 0.3) is 0 Å². The lowest BCUT2D eigenvalue weighted by atomic mass is 10.1. The minimum absolute atomic E-state index is 0.604. The number of rotatable bonds is 9. The van der Waals surface area contributed by atoms with Gasteiger partial charge < -0.3 is 19.5 Å². The van der Waals surface area contributed by atoms with Crippen LogP contribution in [0.5, 0.6) is 0 Å². The van der Waals surface area contributed by atoms with Gasteiger partial charge in [-0.05, 0) is 18.2 Å². The van der Waals surface area contributed by atoms with E-state index >= 15 is 0 Å². The monoisotopic (exact) mass is 367 g/mol. The average molecular weight is 367 g/mol. The number of aromatic nitrogens is 5. The fourth-order valence-corrected chi connectivity index (χ4v) is 2.67. The van der Waals surface area contributed by atoms with Crippen LogP contribution in [0.3, 0.4) is 0 Å². The number of nitrogens with zero attached hydrogens (tertiary/aromatic N) is 6. The van der Waals surface area contributed by atoms with E-state index < -0.39 is 0 Å². The molecule has 8 nitrogen and oxygen atoms in total. The number of hydrogen-bond acceptors (Lipinski definition) is 7. The van der Waals surface area contributed by atoms with Gasteiger partial charge in [-0.1, -0.05) is 12.1 Å². The Morgan fingerprint density at radius 1 is 1.15 bits per heavy atom. The van der Waals surface area contributed by atoms with Crippen molar-refractivity contribution in [1.29, 1.82) is 0 Å². The van der Waals surface area contributed by atoms with Gasteiger partial charge in [-0.2, -0.15) is 0 Å². The highest BCUT2D eigenvalue weighted by atomic mass is 16.5. The van der Waals surface area contributed by atoms with Crippen LogP contribution in [0, 0.1) is 0 Å². The van der Waals surface area contributed by atoms with Crippen molar-refractivity contribution >= 4 is 11.6 Å². The maximum Gasteiger partial charge on any atom is 0.223 e. The second-order valence-electron chi connectivity index (χ2n) is 6.32. The van der Waals surface area contributed by atoms with E-state index in [9.17, 15) is 0 Å². The zero-order valence-electron chi connectivity index (χ0n) is 16.0. The molecular weight excluding hydrogens is 342 g/mol. The van der Waals surface area contributed by atoms with Gasteiger partial charge in [0.1, 0.15) is 12.2 Å². The van der Waals surface area contributed by atoms with Crippen LogP contribution in [0.25, 0.3) is 11.3 Å². The second-order valence-corrected chi connectivity index (χ2v) is 6.32. The fraction of sp³-hybridized carbons (Fsp3) is 0.368. The Balaban J connectivity index is 1.60. The van der Waals surface area contributed by atoms with Gasteiger partial charge in [-0.15, -0.1) is 10.2 Å². The highest BCUT2D eigenvalue weighted by Crippen LogP contribution is 2.21. The predicted octanol–water partition coefficient (Wildman–Crippen LogP) is 2.10. The third kappa shape index (κ3) is 5.01. The van der Waals surface area contributed by atoms with Crippen molar-refractivity contribution in [2.45, 2.75) is 13.0 Å². The number of anilines is 2. The van der Waals surface area contributed by atoms with Crippen LogP contribution in [0.2, 0.25) is 0 Å². The first-order chi connectivity index (χ1) is 13.2. The number of methoxy groups -OCH3 is 1. The van der Waals surface area contributed by atoms with Crippen LogP contribution in [0.4, 0.5) is 11.6 Å². The SMILES string of the molecule is COCCn1cnnc1CCNc1nccc(-c2ccc(N(C)C)cc2)n1. The zero-order chi connectivity index (χ0) is 19.1. The van der Waals surface area contributed by atoms with Crippen molar-refractivity contribution in [3.63, 3.8) is 0 Å². The van der Waals surface area contributed by atoms with Crippen molar-refractivity contribution in [2.75, 3.05) is 44.6 Å². The molecule has 0 atom stereocenters. The maximum atomic E-state index is 5.10. The summed E-state index contributed by atoms with van der Waals surface area (Å²) in [6, 6.07) is 10.2. The van der Waals surface area contributed by atoms with Crippen molar-refractivity contribution in [3.8, 4) is 11.3 Å². The Hall–Kier alpha value is -3.00. The molecule has 0 aliphatic heterocycles. The zero-order valence-corrected chi connectivity index (χ0v) is 16.0. The van der Waals surface area contributed by atoms with Crippen molar-refractivity contribution in [2.24, 2.45) is 0 Å². The van der Waals surface area contributed by atoms with Crippen LogP contribution >= 0.6 is 0 Å². The molecule has 1 aromatic carbocycles. The van der Waals surface area contributed by atoms with E-state index in [-0.39, 0.29) is 0 Å². The normalized spacial score (nSPS) is 10.8. The smallest absolute Gasteiger partial charge is 0.223 e. The second kappa shape index (κ2) is 9.09. The quantitative estimate of drug-likeness (QED) is 0.620. The van der Waals surface area contributed by atoms with E-state index in [0.717, 1.165) is 35.7 Å². The van der Waals surface area contributed by atoms with Crippen LogP contribution in [0.15, 0.2) is 42.9 Å². The number of nitrogens with one attached hydrogen (secondary N) is 1. The first-order valence-electron chi connectivity index (χ1n) is 8.87. The van der Waals surface area contributed by atoms with E-state index in [2.05, 4.69) is 54.6 Å². The van der Waals surface area contributed by atoms with Gasteiger partial charge in [0, 0.05) is 58.2 Å². The largest absolute Gasteiger partial charge is 0.383 e. The van der Waals surface area contributed by atoms with Crippen molar-refractivity contribution in [3.05, 3.63) is 48.7 Å². The molecule has 8 heteroatoms. The summed E-state index contributed by atoms with van der Waals surface area (Å²) in [5.74, 6) is 1.52.